The van der Waals surface area contributed by atoms with Gasteiger partial charge in [0.15, 0.2) is 0 Å². The number of hydrogen-bond acceptors (Lipinski definition) is 6. The molecule has 2 aromatic carbocycles. The Kier molecular flexibility index (Phi) is 6.68. The zero-order valence-electron chi connectivity index (χ0n) is 16.0. The Labute approximate surface area is 174 Å². The van der Waals surface area contributed by atoms with Crippen LogP contribution in [0, 0.1) is 0 Å². The molecule has 0 saturated heterocycles. The Bertz CT molecular complexity index is 1100. The summed E-state index contributed by atoms with van der Waals surface area (Å²) in [6.45, 7) is -0.0417. The first-order chi connectivity index (χ1) is 13.9. The van der Waals surface area contributed by atoms with Crippen LogP contribution >= 0.6 is 11.8 Å². The summed E-state index contributed by atoms with van der Waals surface area (Å²) in [6, 6.07) is 19.3. The largest absolute Gasteiger partial charge is 0.457 e. The Balaban J connectivity index is 1.74. The van der Waals surface area contributed by atoms with E-state index in [0.717, 1.165) is 9.20 Å². The van der Waals surface area contributed by atoms with Gasteiger partial charge in [0.05, 0.1) is 10.5 Å². The van der Waals surface area contributed by atoms with Crippen molar-refractivity contribution < 1.29 is 17.9 Å². The second kappa shape index (κ2) is 9.21. The number of pyridine rings is 1. The van der Waals surface area contributed by atoms with E-state index in [1.165, 1.54) is 38.0 Å². The summed E-state index contributed by atoms with van der Waals surface area (Å²) in [7, 11) is -0.615. The van der Waals surface area contributed by atoms with Crippen LogP contribution in [0.3, 0.4) is 0 Å². The molecule has 150 valence electrons. The summed E-state index contributed by atoms with van der Waals surface area (Å²) in [5.41, 5.74) is 0.945. The SMILES string of the molecule is CN(C)S(=O)(=O)c1cccc(COC(=O)c2cccnc2Sc2ccccc2)c1. The van der Waals surface area contributed by atoms with E-state index >= 15 is 0 Å². The molecule has 0 N–H and O–H groups in total. The minimum atomic E-state index is -3.55. The van der Waals surface area contributed by atoms with Gasteiger partial charge in [0.25, 0.3) is 0 Å². The fraction of sp³-hybridized carbons (Fsp3) is 0.143. The summed E-state index contributed by atoms with van der Waals surface area (Å²) < 4.78 is 31.1. The molecule has 0 atom stereocenters. The molecule has 0 aliphatic carbocycles. The number of hydrogen-bond donors (Lipinski definition) is 0. The lowest BCUT2D eigenvalue weighted by atomic mass is 10.2. The molecule has 3 rings (SSSR count). The van der Waals surface area contributed by atoms with E-state index < -0.39 is 16.0 Å². The average Bonchev–Trinajstić information content (AvgIpc) is 2.73. The Morgan fingerprint density at radius 2 is 1.79 bits per heavy atom. The number of carbonyl (C=O) groups is 1. The maximum Gasteiger partial charge on any atom is 0.341 e. The smallest absolute Gasteiger partial charge is 0.341 e. The highest BCUT2D eigenvalue weighted by molar-refractivity contribution is 7.99. The minimum Gasteiger partial charge on any atom is -0.457 e. The summed E-state index contributed by atoms with van der Waals surface area (Å²) in [5, 5.41) is 0.549. The third kappa shape index (κ3) is 5.23. The van der Waals surface area contributed by atoms with E-state index in [1.807, 2.05) is 30.3 Å². The summed E-state index contributed by atoms with van der Waals surface area (Å²) in [5.74, 6) is -0.516. The van der Waals surface area contributed by atoms with Crippen LogP contribution in [0.25, 0.3) is 0 Å². The zero-order valence-corrected chi connectivity index (χ0v) is 17.6. The zero-order chi connectivity index (χ0) is 20.9. The van der Waals surface area contributed by atoms with Crippen LogP contribution in [0.15, 0.2) is 87.7 Å². The van der Waals surface area contributed by atoms with Gasteiger partial charge in [-0.05, 0) is 42.0 Å². The van der Waals surface area contributed by atoms with Gasteiger partial charge in [0.2, 0.25) is 10.0 Å². The van der Waals surface area contributed by atoms with E-state index in [-0.39, 0.29) is 11.5 Å². The van der Waals surface area contributed by atoms with Crippen LogP contribution in [0.5, 0.6) is 0 Å². The molecule has 0 spiro atoms. The summed E-state index contributed by atoms with van der Waals surface area (Å²) >= 11 is 1.38. The van der Waals surface area contributed by atoms with Crippen molar-refractivity contribution in [1.29, 1.82) is 0 Å². The van der Waals surface area contributed by atoms with E-state index in [2.05, 4.69) is 4.98 Å². The van der Waals surface area contributed by atoms with E-state index in [1.54, 1.807) is 30.5 Å². The van der Waals surface area contributed by atoms with Crippen LogP contribution in [-0.2, 0) is 21.4 Å². The predicted octanol–water partition coefficient (Wildman–Crippen LogP) is 3.84. The Morgan fingerprint density at radius 1 is 1.03 bits per heavy atom. The number of aromatic nitrogens is 1. The van der Waals surface area contributed by atoms with Gasteiger partial charge < -0.3 is 4.74 Å². The van der Waals surface area contributed by atoms with Gasteiger partial charge in [0, 0.05) is 25.2 Å². The first kappa shape index (κ1) is 21.0. The standard InChI is InChI=1S/C21H20N2O4S2/c1-23(2)29(25,26)18-11-6-8-16(14-18)15-27-21(24)19-12-7-13-22-20(19)28-17-9-4-3-5-10-17/h3-14H,15H2,1-2H3. The number of ether oxygens (including phenoxy) is 1. The lowest BCUT2D eigenvalue weighted by Gasteiger charge is -2.12. The molecule has 1 aromatic heterocycles. The van der Waals surface area contributed by atoms with Crippen LogP contribution in [0.4, 0.5) is 0 Å². The number of benzene rings is 2. The Morgan fingerprint density at radius 3 is 2.52 bits per heavy atom. The van der Waals surface area contributed by atoms with Crippen LogP contribution in [0.2, 0.25) is 0 Å². The van der Waals surface area contributed by atoms with Crippen molar-refractivity contribution in [2.45, 2.75) is 21.4 Å². The predicted molar refractivity (Wildman–Crippen MR) is 111 cm³/mol. The molecule has 0 amide bonds. The van der Waals surface area contributed by atoms with E-state index in [0.29, 0.717) is 16.2 Å². The van der Waals surface area contributed by atoms with Gasteiger partial charge in [-0.3, -0.25) is 0 Å². The molecule has 0 saturated carbocycles. The van der Waals surface area contributed by atoms with Crippen molar-refractivity contribution in [2.75, 3.05) is 14.1 Å². The first-order valence-corrected chi connectivity index (χ1v) is 11.0. The molecule has 0 unspecified atom stereocenters. The fourth-order valence-electron chi connectivity index (χ4n) is 2.46. The van der Waals surface area contributed by atoms with Crippen molar-refractivity contribution in [1.82, 2.24) is 9.29 Å². The van der Waals surface area contributed by atoms with Crippen molar-refractivity contribution in [3.8, 4) is 0 Å². The van der Waals surface area contributed by atoms with Crippen LogP contribution in [-0.4, -0.2) is 37.8 Å². The van der Waals surface area contributed by atoms with Crippen molar-refractivity contribution in [3.63, 3.8) is 0 Å². The Hall–Kier alpha value is -2.68. The van der Waals surface area contributed by atoms with Crippen molar-refractivity contribution in [2.24, 2.45) is 0 Å². The highest BCUT2D eigenvalue weighted by Gasteiger charge is 2.18. The van der Waals surface area contributed by atoms with Crippen LogP contribution < -0.4 is 0 Å². The second-order valence-corrected chi connectivity index (χ2v) is 9.50. The molecule has 0 fully saturated rings. The van der Waals surface area contributed by atoms with Crippen molar-refractivity contribution in [3.05, 3.63) is 84.1 Å². The maximum atomic E-state index is 12.6. The van der Waals surface area contributed by atoms with Gasteiger partial charge >= 0.3 is 5.97 Å². The molecule has 6 nitrogen and oxygen atoms in total. The molecule has 8 heteroatoms. The monoisotopic (exact) mass is 428 g/mol. The van der Waals surface area contributed by atoms with Crippen molar-refractivity contribution >= 4 is 27.8 Å². The quantitative estimate of drug-likeness (QED) is 0.532. The summed E-state index contributed by atoms with van der Waals surface area (Å²) in [6.07, 6.45) is 1.62. The van der Waals surface area contributed by atoms with Crippen LogP contribution in [0.1, 0.15) is 15.9 Å². The normalized spacial score (nSPS) is 11.4. The molecular formula is C21H20N2O4S2. The highest BCUT2D eigenvalue weighted by atomic mass is 32.2. The number of nitrogens with zero attached hydrogens (tertiary/aromatic N) is 2. The van der Waals surface area contributed by atoms with Gasteiger partial charge in [-0.2, -0.15) is 0 Å². The van der Waals surface area contributed by atoms with Gasteiger partial charge in [-0.25, -0.2) is 22.5 Å². The number of rotatable bonds is 7. The molecular weight excluding hydrogens is 408 g/mol. The van der Waals surface area contributed by atoms with E-state index in [4.69, 9.17) is 4.74 Å². The molecule has 0 bridgehead atoms. The highest BCUT2D eigenvalue weighted by Crippen LogP contribution is 2.28. The number of esters is 1. The first-order valence-electron chi connectivity index (χ1n) is 8.74. The number of carbonyl (C=O) groups excluding carboxylic acids is 1. The maximum absolute atomic E-state index is 12.6. The fourth-order valence-corrected chi connectivity index (χ4v) is 4.32. The third-order valence-corrected chi connectivity index (χ3v) is 6.83. The number of sulfonamides is 1. The van der Waals surface area contributed by atoms with Gasteiger partial charge in [-0.1, -0.05) is 42.1 Å². The second-order valence-electron chi connectivity index (χ2n) is 6.28. The summed E-state index contributed by atoms with van der Waals surface area (Å²) in [4.78, 5) is 18.0. The lowest BCUT2D eigenvalue weighted by Crippen LogP contribution is -2.22. The minimum absolute atomic E-state index is 0.0417. The van der Waals surface area contributed by atoms with E-state index in [9.17, 15) is 13.2 Å². The molecule has 3 aromatic rings. The topological polar surface area (TPSA) is 76.6 Å². The lowest BCUT2D eigenvalue weighted by molar-refractivity contribution is 0.0467. The molecule has 0 aliphatic heterocycles. The van der Waals surface area contributed by atoms with Gasteiger partial charge in [-0.15, -0.1) is 0 Å². The molecule has 1 heterocycles. The molecule has 0 radical (unpaired) electrons. The molecule has 29 heavy (non-hydrogen) atoms. The average molecular weight is 429 g/mol. The van der Waals surface area contributed by atoms with Gasteiger partial charge in [0.1, 0.15) is 11.6 Å². The molecule has 0 aliphatic rings. The third-order valence-electron chi connectivity index (χ3n) is 4.00.